The van der Waals surface area contributed by atoms with Gasteiger partial charge in [-0.15, -0.1) is 0 Å². The van der Waals surface area contributed by atoms with Crippen molar-refractivity contribution in [1.29, 1.82) is 0 Å². The summed E-state index contributed by atoms with van der Waals surface area (Å²) in [6.45, 7) is 1.83. The van der Waals surface area contributed by atoms with Crippen molar-refractivity contribution < 1.29 is 4.79 Å². The van der Waals surface area contributed by atoms with E-state index in [-0.39, 0.29) is 11.5 Å². The smallest absolute Gasteiger partial charge is 0.264 e. The molecule has 3 heterocycles. The van der Waals surface area contributed by atoms with Crippen LogP contribution in [0.15, 0.2) is 83.8 Å². The molecule has 0 atom stereocenters. The summed E-state index contributed by atoms with van der Waals surface area (Å²) in [7, 11) is 0. The number of para-hydroxylation sites is 1. The van der Waals surface area contributed by atoms with Gasteiger partial charge in [0.2, 0.25) is 0 Å². The predicted molar refractivity (Wildman–Crippen MR) is 122 cm³/mol. The molecule has 2 aromatic carbocycles. The Kier molecular flexibility index (Phi) is 4.79. The lowest BCUT2D eigenvalue weighted by atomic mass is 10.1. The number of benzene rings is 2. The molecule has 0 radical (unpaired) electrons. The first-order valence-electron chi connectivity index (χ1n) is 9.97. The van der Waals surface area contributed by atoms with Crippen molar-refractivity contribution in [1.82, 2.24) is 25.0 Å². The minimum absolute atomic E-state index is 0.272. The number of hydrogen-bond donors (Lipinski definition) is 2. The van der Waals surface area contributed by atoms with Gasteiger partial charge in [-0.05, 0) is 43.3 Å². The summed E-state index contributed by atoms with van der Waals surface area (Å²) in [6, 6.07) is 22.0. The maximum Gasteiger partial charge on any atom is 0.264 e. The van der Waals surface area contributed by atoms with Gasteiger partial charge in [0.1, 0.15) is 0 Å². The molecule has 0 saturated carbocycles. The topological polar surface area (TPSA) is 106 Å². The van der Waals surface area contributed by atoms with Crippen LogP contribution in [0.3, 0.4) is 0 Å². The Morgan fingerprint density at radius 3 is 2.72 bits per heavy atom. The van der Waals surface area contributed by atoms with Crippen molar-refractivity contribution in [2.75, 3.05) is 5.32 Å². The van der Waals surface area contributed by atoms with Crippen LogP contribution in [0.2, 0.25) is 0 Å². The summed E-state index contributed by atoms with van der Waals surface area (Å²) >= 11 is 0. The Bertz CT molecular complexity index is 1500. The summed E-state index contributed by atoms with van der Waals surface area (Å²) in [5.74, 6) is 0.368. The highest BCUT2D eigenvalue weighted by atomic mass is 16.1. The second kappa shape index (κ2) is 7.92. The van der Waals surface area contributed by atoms with E-state index in [4.69, 9.17) is 0 Å². The zero-order chi connectivity index (χ0) is 22.1. The van der Waals surface area contributed by atoms with Crippen LogP contribution in [0.5, 0.6) is 0 Å². The zero-order valence-corrected chi connectivity index (χ0v) is 17.1. The number of carbonyl (C=O) groups excluding carboxylic acids is 1. The number of carbonyl (C=O) groups is 1. The number of H-pyrrole nitrogens is 1. The lowest BCUT2D eigenvalue weighted by Gasteiger charge is -2.08. The average molecular weight is 422 g/mol. The van der Waals surface area contributed by atoms with E-state index in [0.717, 1.165) is 16.5 Å². The molecule has 8 heteroatoms. The van der Waals surface area contributed by atoms with E-state index in [9.17, 15) is 9.59 Å². The molecule has 0 fully saturated rings. The predicted octanol–water partition coefficient (Wildman–Crippen LogP) is 3.73. The Hall–Kier alpha value is -4.59. The Labute approximate surface area is 182 Å². The van der Waals surface area contributed by atoms with Gasteiger partial charge in [0.05, 0.1) is 28.7 Å². The van der Waals surface area contributed by atoms with E-state index < -0.39 is 0 Å². The quantitative estimate of drug-likeness (QED) is 0.459. The normalized spacial score (nSPS) is 10.9. The first-order valence-corrected chi connectivity index (χ1v) is 9.97. The number of hydrogen-bond acceptors (Lipinski definition) is 5. The van der Waals surface area contributed by atoms with Crippen LogP contribution in [0.25, 0.3) is 28.0 Å². The van der Waals surface area contributed by atoms with E-state index in [1.807, 2.05) is 55.5 Å². The summed E-state index contributed by atoms with van der Waals surface area (Å²) < 4.78 is 1.65. The first kappa shape index (κ1) is 19.4. The van der Waals surface area contributed by atoms with Crippen molar-refractivity contribution in [3.63, 3.8) is 0 Å². The molecule has 8 nitrogen and oxygen atoms in total. The SMILES string of the molecule is Cc1c(C(=O)Nc2cccc(-c3ccc(=O)[nH]n3)c2)cnn1-c1ccc2ccccc2n1. The number of pyridine rings is 1. The number of amides is 1. The highest BCUT2D eigenvalue weighted by Gasteiger charge is 2.16. The van der Waals surface area contributed by atoms with Gasteiger partial charge in [-0.25, -0.2) is 14.8 Å². The van der Waals surface area contributed by atoms with E-state index in [2.05, 4.69) is 25.6 Å². The fraction of sp³-hybridized carbons (Fsp3) is 0.0417. The maximum absolute atomic E-state index is 12.9. The van der Waals surface area contributed by atoms with Gasteiger partial charge < -0.3 is 5.32 Å². The number of rotatable bonds is 4. The average Bonchev–Trinajstić information content (AvgIpc) is 3.21. The van der Waals surface area contributed by atoms with Gasteiger partial charge in [-0.3, -0.25) is 9.59 Å². The molecule has 0 unspecified atom stereocenters. The van der Waals surface area contributed by atoms with Crippen LogP contribution in [0, 0.1) is 6.92 Å². The standard InChI is InChI=1S/C24H18N6O2/c1-15-19(14-25-30(15)22-11-9-16-5-2-3-8-20(16)27-22)24(32)26-18-7-4-6-17(13-18)21-10-12-23(31)29-28-21/h2-14H,1H3,(H,26,32)(H,29,31). The Morgan fingerprint density at radius 1 is 1.00 bits per heavy atom. The molecule has 2 N–H and O–H groups in total. The fourth-order valence-electron chi connectivity index (χ4n) is 3.50. The van der Waals surface area contributed by atoms with Crippen molar-refractivity contribution in [2.24, 2.45) is 0 Å². The van der Waals surface area contributed by atoms with Crippen LogP contribution in [-0.2, 0) is 0 Å². The van der Waals surface area contributed by atoms with Crippen LogP contribution >= 0.6 is 0 Å². The Balaban J connectivity index is 1.41. The lowest BCUT2D eigenvalue weighted by Crippen LogP contribution is -2.13. The van der Waals surface area contributed by atoms with Gasteiger partial charge in [0, 0.05) is 22.7 Å². The molecule has 5 rings (SSSR count). The number of aromatic nitrogens is 5. The third-order valence-electron chi connectivity index (χ3n) is 5.15. The largest absolute Gasteiger partial charge is 0.322 e. The highest BCUT2D eigenvalue weighted by molar-refractivity contribution is 6.05. The second-order valence-corrected chi connectivity index (χ2v) is 7.26. The fourth-order valence-corrected chi connectivity index (χ4v) is 3.50. The number of fused-ring (bicyclic) bond motifs is 1. The molecule has 0 aliphatic carbocycles. The molecule has 0 spiro atoms. The van der Waals surface area contributed by atoms with Gasteiger partial charge in [0.25, 0.3) is 11.5 Å². The van der Waals surface area contributed by atoms with Crippen molar-refractivity contribution >= 4 is 22.5 Å². The molecule has 0 bridgehead atoms. The second-order valence-electron chi connectivity index (χ2n) is 7.26. The third-order valence-corrected chi connectivity index (χ3v) is 5.15. The van der Waals surface area contributed by atoms with Gasteiger partial charge >= 0.3 is 0 Å². The van der Waals surface area contributed by atoms with E-state index in [1.165, 1.54) is 12.3 Å². The molecule has 0 saturated heterocycles. The zero-order valence-electron chi connectivity index (χ0n) is 17.1. The van der Waals surface area contributed by atoms with E-state index >= 15 is 0 Å². The molecule has 5 aromatic rings. The van der Waals surface area contributed by atoms with Crippen LogP contribution in [-0.4, -0.2) is 30.9 Å². The molecular weight excluding hydrogens is 404 g/mol. The molecular formula is C24H18N6O2. The molecule has 0 aliphatic heterocycles. The van der Waals surface area contributed by atoms with Gasteiger partial charge in [-0.2, -0.15) is 10.2 Å². The van der Waals surface area contributed by atoms with Gasteiger partial charge in [0.15, 0.2) is 5.82 Å². The number of nitrogens with one attached hydrogen (secondary N) is 2. The number of nitrogens with zero attached hydrogens (tertiary/aromatic N) is 4. The van der Waals surface area contributed by atoms with E-state index in [0.29, 0.717) is 28.5 Å². The van der Waals surface area contributed by atoms with Crippen LogP contribution in [0.4, 0.5) is 5.69 Å². The highest BCUT2D eigenvalue weighted by Crippen LogP contribution is 2.22. The maximum atomic E-state index is 12.9. The van der Waals surface area contributed by atoms with Gasteiger partial charge in [-0.1, -0.05) is 30.3 Å². The first-order chi connectivity index (χ1) is 15.6. The van der Waals surface area contributed by atoms with Crippen molar-refractivity contribution in [3.05, 3.63) is 101 Å². The monoisotopic (exact) mass is 422 g/mol. The Morgan fingerprint density at radius 2 is 1.88 bits per heavy atom. The molecule has 1 amide bonds. The minimum Gasteiger partial charge on any atom is -0.322 e. The number of aromatic amines is 1. The third kappa shape index (κ3) is 3.65. The minimum atomic E-state index is -0.277. The summed E-state index contributed by atoms with van der Waals surface area (Å²) in [4.78, 5) is 28.8. The summed E-state index contributed by atoms with van der Waals surface area (Å²) in [5, 5.41) is 14.8. The lowest BCUT2D eigenvalue weighted by molar-refractivity contribution is 0.102. The molecule has 0 aliphatic rings. The van der Waals surface area contributed by atoms with Crippen molar-refractivity contribution in [3.8, 4) is 17.1 Å². The number of anilines is 1. The van der Waals surface area contributed by atoms with Crippen LogP contribution < -0.4 is 10.9 Å². The summed E-state index contributed by atoms with van der Waals surface area (Å²) in [6.07, 6.45) is 1.54. The molecule has 3 aromatic heterocycles. The van der Waals surface area contributed by atoms with Crippen LogP contribution in [0.1, 0.15) is 16.1 Å². The van der Waals surface area contributed by atoms with Crippen molar-refractivity contribution in [2.45, 2.75) is 6.92 Å². The van der Waals surface area contributed by atoms with E-state index in [1.54, 1.807) is 22.9 Å². The molecule has 156 valence electrons. The molecule has 32 heavy (non-hydrogen) atoms. The summed E-state index contributed by atoms with van der Waals surface area (Å²) in [5.41, 5.74) is 3.71.